The molecule has 1 aliphatic rings. The van der Waals surface area contributed by atoms with E-state index in [9.17, 15) is 0 Å². The van der Waals surface area contributed by atoms with E-state index >= 15 is 0 Å². The van der Waals surface area contributed by atoms with Crippen molar-refractivity contribution in [2.75, 3.05) is 7.11 Å². The van der Waals surface area contributed by atoms with Crippen molar-refractivity contribution in [3.8, 4) is 5.75 Å². The fourth-order valence-corrected chi connectivity index (χ4v) is 4.31. The number of methoxy groups -OCH3 is 1. The van der Waals surface area contributed by atoms with Crippen LogP contribution in [0.5, 0.6) is 5.75 Å². The van der Waals surface area contributed by atoms with Gasteiger partial charge in [0, 0.05) is 13.1 Å². The number of aryl methyl sites for hydroxylation is 1. The van der Waals surface area contributed by atoms with Gasteiger partial charge in [-0.2, -0.15) is 0 Å². The van der Waals surface area contributed by atoms with Crippen molar-refractivity contribution in [1.82, 2.24) is 25.4 Å². The lowest BCUT2D eigenvalue weighted by Gasteiger charge is -2.30. The Morgan fingerprint density at radius 1 is 1.03 bits per heavy atom. The minimum Gasteiger partial charge on any atom is -0.497 e. The van der Waals surface area contributed by atoms with Gasteiger partial charge < -0.3 is 19.9 Å². The van der Waals surface area contributed by atoms with E-state index in [4.69, 9.17) is 9.73 Å². The summed E-state index contributed by atoms with van der Waals surface area (Å²) in [7, 11) is 3.67. The molecule has 2 N–H and O–H groups in total. The van der Waals surface area contributed by atoms with Gasteiger partial charge in [-0.15, -0.1) is 34.2 Å². The predicted molar refractivity (Wildman–Crippen MR) is 147 cm³/mol. The topological polar surface area (TPSA) is 76.4 Å². The molecule has 1 fully saturated rings. The van der Waals surface area contributed by atoms with E-state index in [1.165, 1.54) is 18.4 Å². The molecule has 1 heterocycles. The number of benzene rings is 2. The van der Waals surface area contributed by atoms with Crippen molar-refractivity contribution >= 4 is 29.9 Å². The minimum absolute atomic E-state index is 0. The van der Waals surface area contributed by atoms with Crippen LogP contribution in [0.1, 0.15) is 54.4 Å². The van der Waals surface area contributed by atoms with E-state index in [0.717, 1.165) is 41.8 Å². The first kappa shape index (κ1) is 26.0. The Balaban J connectivity index is 0.00000324. The normalized spacial score (nSPS) is 18.1. The van der Waals surface area contributed by atoms with E-state index < -0.39 is 0 Å². The summed E-state index contributed by atoms with van der Waals surface area (Å²) in [5.41, 5.74) is 2.60. The maximum Gasteiger partial charge on any atom is 0.192 e. The fourth-order valence-electron chi connectivity index (χ4n) is 4.31. The Morgan fingerprint density at radius 3 is 2.35 bits per heavy atom. The van der Waals surface area contributed by atoms with Crippen LogP contribution in [0.15, 0.2) is 59.6 Å². The summed E-state index contributed by atoms with van der Waals surface area (Å²) in [6, 6.07) is 19.3. The van der Waals surface area contributed by atoms with Crippen LogP contribution in [0.3, 0.4) is 0 Å². The molecule has 1 aliphatic carbocycles. The van der Waals surface area contributed by atoms with Gasteiger partial charge in [-0.3, -0.25) is 0 Å². The number of hydrogen-bond donors (Lipinski definition) is 2. The molecule has 0 spiro atoms. The van der Waals surface area contributed by atoms with E-state index in [1.54, 1.807) is 7.11 Å². The molecular weight excluding hydrogens is 539 g/mol. The van der Waals surface area contributed by atoms with Crippen LogP contribution in [-0.4, -0.2) is 33.9 Å². The standard InChI is InChI=1S/C26H34N6O.HI/c1-19-30-31-25(32(19)2)18-28-26(27-17-20-9-15-24(33-3)16-10-20)29-23-13-11-22(12-14-23)21-7-5-4-6-8-21;/h4-10,15-16,22-23H,11-14,17-18H2,1-3H3,(H2,27,28,29);1H. The summed E-state index contributed by atoms with van der Waals surface area (Å²) in [5.74, 6) is 4.11. The van der Waals surface area contributed by atoms with Crippen molar-refractivity contribution in [3.05, 3.63) is 77.4 Å². The predicted octanol–water partition coefficient (Wildman–Crippen LogP) is 4.71. The fraction of sp³-hybridized carbons (Fsp3) is 0.423. The Kier molecular flexibility index (Phi) is 9.74. The first-order valence-electron chi connectivity index (χ1n) is 11.7. The number of ether oxygens (including phenoxy) is 1. The second-order valence-corrected chi connectivity index (χ2v) is 8.69. The van der Waals surface area contributed by atoms with Crippen LogP contribution in [0.25, 0.3) is 0 Å². The lowest BCUT2D eigenvalue weighted by Crippen LogP contribution is -2.44. The zero-order valence-corrected chi connectivity index (χ0v) is 22.5. The monoisotopic (exact) mass is 574 g/mol. The van der Waals surface area contributed by atoms with Gasteiger partial charge in [0.25, 0.3) is 0 Å². The van der Waals surface area contributed by atoms with Crippen LogP contribution in [-0.2, 0) is 20.1 Å². The number of guanidine groups is 1. The Hall–Kier alpha value is -2.62. The first-order valence-corrected chi connectivity index (χ1v) is 11.7. The lowest BCUT2D eigenvalue weighted by atomic mass is 9.82. The van der Waals surface area contributed by atoms with Gasteiger partial charge in [0.05, 0.1) is 20.2 Å². The molecule has 4 rings (SSSR count). The van der Waals surface area contributed by atoms with Crippen LogP contribution in [0.2, 0.25) is 0 Å². The second-order valence-electron chi connectivity index (χ2n) is 8.69. The SMILES string of the molecule is COc1ccc(CN=C(NCc2nnc(C)n2C)NC2CCC(c3ccccc3)CC2)cc1.I. The molecule has 0 aliphatic heterocycles. The molecule has 2 aromatic carbocycles. The van der Waals surface area contributed by atoms with Crippen LogP contribution in [0, 0.1) is 6.92 Å². The highest BCUT2D eigenvalue weighted by atomic mass is 127. The van der Waals surface area contributed by atoms with E-state index in [-0.39, 0.29) is 24.0 Å². The molecular formula is C26H35IN6O. The number of aromatic nitrogens is 3. The Labute approximate surface area is 219 Å². The number of nitrogens with one attached hydrogen (secondary N) is 2. The highest BCUT2D eigenvalue weighted by Gasteiger charge is 2.23. The molecule has 0 atom stereocenters. The number of hydrogen-bond acceptors (Lipinski definition) is 4. The zero-order valence-electron chi connectivity index (χ0n) is 20.2. The van der Waals surface area contributed by atoms with Crippen molar-refractivity contribution in [1.29, 1.82) is 0 Å². The van der Waals surface area contributed by atoms with Crippen LogP contribution < -0.4 is 15.4 Å². The first-order chi connectivity index (χ1) is 16.1. The number of halogens is 1. The molecule has 0 unspecified atom stereocenters. The van der Waals surface area contributed by atoms with Gasteiger partial charge in [0.2, 0.25) is 0 Å². The maximum absolute atomic E-state index is 5.26. The molecule has 0 radical (unpaired) electrons. The van der Waals surface area contributed by atoms with Gasteiger partial charge in [-0.05, 0) is 61.8 Å². The third-order valence-corrected chi connectivity index (χ3v) is 6.51. The summed E-state index contributed by atoms with van der Waals surface area (Å²) in [5, 5.41) is 15.6. The van der Waals surface area contributed by atoms with Crippen LogP contribution in [0.4, 0.5) is 0 Å². The van der Waals surface area contributed by atoms with E-state index in [2.05, 4.69) is 63.3 Å². The average molecular weight is 575 g/mol. The molecule has 3 aromatic rings. The highest BCUT2D eigenvalue weighted by molar-refractivity contribution is 14.0. The third kappa shape index (κ3) is 6.94. The summed E-state index contributed by atoms with van der Waals surface area (Å²) in [4.78, 5) is 4.87. The average Bonchev–Trinajstić information content (AvgIpc) is 3.19. The van der Waals surface area contributed by atoms with E-state index in [0.29, 0.717) is 25.0 Å². The lowest BCUT2D eigenvalue weighted by molar-refractivity contribution is 0.371. The van der Waals surface area contributed by atoms with Gasteiger partial charge in [-0.25, -0.2) is 4.99 Å². The largest absolute Gasteiger partial charge is 0.497 e. The minimum atomic E-state index is 0. The quantitative estimate of drug-likeness (QED) is 0.243. The number of aliphatic imine (C=N–C) groups is 1. The molecule has 1 saturated carbocycles. The summed E-state index contributed by atoms with van der Waals surface area (Å²) in [6.45, 7) is 3.13. The van der Waals surface area contributed by atoms with Gasteiger partial charge in [-0.1, -0.05) is 42.5 Å². The molecule has 7 nitrogen and oxygen atoms in total. The molecule has 34 heavy (non-hydrogen) atoms. The van der Waals surface area contributed by atoms with Crippen molar-refractivity contribution in [2.24, 2.45) is 12.0 Å². The second kappa shape index (κ2) is 12.7. The zero-order chi connectivity index (χ0) is 23.0. The Morgan fingerprint density at radius 2 is 1.74 bits per heavy atom. The smallest absolute Gasteiger partial charge is 0.192 e. The maximum atomic E-state index is 5.26. The van der Waals surface area contributed by atoms with Gasteiger partial charge in [0.1, 0.15) is 11.6 Å². The van der Waals surface area contributed by atoms with Gasteiger partial charge in [0.15, 0.2) is 11.8 Å². The molecule has 1 aromatic heterocycles. The molecule has 182 valence electrons. The van der Waals surface area contributed by atoms with Crippen molar-refractivity contribution < 1.29 is 4.74 Å². The molecule has 8 heteroatoms. The van der Waals surface area contributed by atoms with Crippen molar-refractivity contribution in [3.63, 3.8) is 0 Å². The number of rotatable bonds is 7. The summed E-state index contributed by atoms with van der Waals surface area (Å²) < 4.78 is 7.26. The third-order valence-electron chi connectivity index (χ3n) is 6.51. The van der Waals surface area contributed by atoms with Crippen molar-refractivity contribution in [2.45, 2.75) is 57.7 Å². The van der Waals surface area contributed by atoms with E-state index in [1.807, 2.05) is 30.7 Å². The van der Waals surface area contributed by atoms with Gasteiger partial charge >= 0.3 is 0 Å². The molecule has 0 saturated heterocycles. The Bertz CT molecular complexity index is 1040. The van der Waals surface area contributed by atoms with Crippen LogP contribution >= 0.6 is 24.0 Å². The highest BCUT2D eigenvalue weighted by Crippen LogP contribution is 2.32. The number of nitrogens with zero attached hydrogens (tertiary/aromatic N) is 4. The summed E-state index contributed by atoms with van der Waals surface area (Å²) >= 11 is 0. The summed E-state index contributed by atoms with van der Waals surface area (Å²) in [6.07, 6.45) is 4.64. The molecule has 0 bridgehead atoms. The molecule has 0 amide bonds.